The second-order valence-electron chi connectivity index (χ2n) is 4.66. The van der Waals surface area contributed by atoms with E-state index in [0.29, 0.717) is 16.9 Å². The van der Waals surface area contributed by atoms with Crippen molar-refractivity contribution in [2.24, 2.45) is 5.92 Å². The first kappa shape index (κ1) is 12.6. The molecule has 5 heteroatoms. The Kier molecular flexibility index (Phi) is 3.84. The molecule has 0 aliphatic heterocycles. The molecule has 4 nitrogen and oxygen atoms in total. The zero-order valence-electron chi connectivity index (χ0n) is 10.2. The Labute approximate surface area is 106 Å². The van der Waals surface area contributed by atoms with Crippen molar-refractivity contribution in [1.82, 2.24) is 9.97 Å². The SMILES string of the molecule is Cc1nc(Cl)c(NC2CCCC2CO)nc1C. The highest BCUT2D eigenvalue weighted by atomic mass is 35.5. The first-order valence-electron chi connectivity index (χ1n) is 6.00. The summed E-state index contributed by atoms with van der Waals surface area (Å²) in [7, 11) is 0. The molecule has 1 aliphatic carbocycles. The normalized spacial score (nSPS) is 24.0. The van der Waals surface area contributed by atoms with Crippen molar-refractivity contribution in [1.29, 1.82) is 0 Å². The van der Waals surface area contributed by atoms with Gasteiger partial charge in [-0.05, 0) is 26.7 Å². The molecular weight excluding hydrogens is 238 g/mol. The third-order valence-electron chi connectivity index (χ3n) is 3.48. The van der Waals surface area contributed by atoms with Crippen molar-refractivity contribution in [3.8, 4) is 0 Å². The van der Waals surface area contributed by atoms with E-state index in [4.69, 9.17) is 11.6 Å². The quantitative estimate of drug-likeness (QED) is 0.870. The van der Waals surface area contributed by atoms with Gasteiger partial charge in [-0.3, -0.25) is 0 Å². The maximum atomic E-state index is 9.27. The summed E-state index contributed by atoms with van der Waals surface area (Å²) in [5, 5.41) is 13.0. The number of halogens is 1. The van der Waals surface area contributed by atoms with Gasteiger partial charge in [0.05, 0.1) is 11.4 Å². The summed E-state index contributed by atoms with van der Waals surface area (Å²) in [6.07, 6.45) is 3.25. The number of anilines is 1. The van der Waals surface area contributed by atoms with Gasteiger partial charge in [0.2, 0.25) is 0 Å². The van der Waals surface area contributed by atoms with E-state index in [9.17, 15) is 5.11 Å². The molecule has 2 atom stereocenters. The van der Waals surface area contributed by atoms with Gasteiger partial charge in [0.15, 0.2) is 11.0 Å². The number of rotatable bonds is 3. The fraction of sp³-hybridized carbons (Fsp3) is 0.667. The van der Waals surface area contributed by atoms with Gasteiger partial charge < -0.3 is 10.4 Å². The lowest BCUT2D eigenvalue weighted by atomic mass is 10.1. The summed E-state index contributed by atoms with van der Waals surface area (Å²) < 4.78 is 0. The van der Waals surface area contributed by atoms with Crippen molar-refractivity contribution in [3.05, 3.63) is 16.5 Å². The number of hydrogen-bond donors (Lipinski definition) is 2. The molecule has 0 aromatic carbocycles. The fourth-order valence-electron chi connectivity index (χ4n) is 2.29. The van der Waals surface area contributed by atoms with Crippen LogP contribution in [-0.4, -0.2) is 27.7 Å². The molecule has 1 aliphatic rings. The standard InChI is InChI=1S/C12H18ClN3O/c1-7-8(2)15-12(11(13)14-7)16-10-5-3-4-9(10)6-17/h9-10,17H,3-6H2,1-2H3,(H,15,16). The van der Waals surface area contributed by atoms with Crippen molar-refractivity contribution < 1.29 is 5.11 Å². The lowest BCUT2D eigenvalue weighted by molar-refractivity contribution is 0.222. The van der Waals surface area contributed by atoms with Gasteiger partial charge in [-0.25, -0.2) is 9.97 Å². The van der Waals surface area contributed by atoms with Gasteiger partial charge in [-0.2, -0.15) is 0 Å². The number of aryl methyl sites for hydroxylation is 2. The molecule has 1 aromatic heterocycles. The fourth-order valence-corrected chi connectivity index (χ4v) is 2.51. The average Bonchev–Trinajstić information content (AvgIpc) is 2.73. The Morgan fingerprint density at radius 2 is 2.00 bits per heavy atom. The molecule has 0 bridgehead atoms. The Hall–Kier alpha value is -0.870. The minimum atomic E-state index is 0.216. The van der Waals surface area contributed by atoms with Crippen LogP contribution in [0.2, 0.25) is 5.15 Å². The van der Waals surface area contributed by atoms with Gasteiger partial charge in [-0.1, -0.05) is 18.0 Å². The molecule has 0 amide bonds. The second kappa shape index (κ2) is 5.19. The number of nitrogens with zero attached hydrogens (tertiary/aromatic N) is 2. The lowest BCUT2D eigenvalue weighted by Gasteiger charge is -2.20. The highest BCUT2D eigenvalue weighted by molar-refractivity contribution is 6.31. The summed E-state index contributed by atoms with van der Waals surface area (Å²) in [5.41, 5.74) is 1.74. The summed E-state index contributed by atoms with van der Waals surface area (Å²) in [6.45, 7) is 4.03. The van der Waals surface area contributed by atoms with Crippen LogP contribution in [0.25, 0.3) is 0 Å². The number of aliphatic hydroxyl groups excluding tert-OH is 1. The van der Waals surface area contributed by atoms with E-state index in [1.54, 1.807) is 0 Å². The number of aromatic nitrogens is 2. The van der Waals surface area contributed by atoms with Crippen LogP contribution in [0.3, 0.4) is 0 Å². The van der Waals surface area contributed by atoms with E-state index in [2.05, 4.69) is 15.3 Å². The van der Waals surface area contributed by atoms with E-state index in [1.807, 2.05) is 13.8 Å². The molecule has 94 valence electrons. The van der Waals surface area contributed by atoms with Gasteiger partial charge in [0.25, 0.3) is 0 Å². The van der Waals surface area contributed by atoms with E-state index in [0.717, 1.165) is 30.7 Å². The number of aliphatic hydroxyl groups is 1. The largest absolute Gasteiger partial charge is 0.396 e. The molecule has 0 radical (unpaired) electrons. The molecule has 1 fully saturated rings. The molecule has 1 saturated carbocycles. The van der Waals surface area contributed by atoms with Crippen molar-refractivity contribution in [2.45, 2.75) is 39.2 Å². The van der Waals surface area contributed by atoms with Crippen LogP contribution in [0.4, 0.5) is 5.82 Å². The molecule has 2 rings (SSSR count). The second-order valence-corrected chi connectivity index (χ2v) is 5.02. The van der Waals surface area contributed by atoms with Crippen LogP contribution >= 0.6 is 11.6 Å². The first-order valence-corrected chi connectivity index (χ1v) is 6.37. The van der Waals surface area contributed by atoms with Gasteiger partial charge >= 0.3 is 0 Å². The number of hydrogen-bond acceptors (Lipinski definition) is 4. The van der Waals surface area contributed by atoms with Gasteiger partial charge in [-0.15, -0.1) is 0 Å². The lowest BCUT2D eigenvalue weighted by Crippen LogP contribution is -2.27. The Morgan fingerprint density at radius 1 is 1.29 bits per heavy atom. The molecular formula is C12H18ClN3O. The highest BCUT2D eigenvalue weighted by Crippen LogP contribution is 2.29. The molecule has 1 aromatic rings. The third kappa shape index (κ3) is 2.69. The molecule has 0 saturated heterocycles. The Bertz CT molecular complexity index is 411. The van der Waals surface area contributed by atoms with Crippen LogP contribution in [0.15, 0.2) is 0 Å². The zero-order valence-corrected chi connectivity index (χ0v) is 11.0. The molecule has 0 spiro atoms. The van der Waals surface area contributed by atoms with E-state index >= 15 is 0 Å². The Balaban J connectivity index is 2.15. The zero-order chi connectivity index (χ0) is 12.4. The minimum Gasteiger partial charge on any atom is -0.396 e. The summed E-state index contributed by atoms with van der Waals surface area (Å²) in [6, 6.07) is 0.258. The maximum Gasteiger partial charge on any atom is 0.171 e. The maximum absolute atomic E-state index is 9.27. The summed E-state index contributed by atoms with van der Waals surface area (Å²) in [5.74, 6) is 0.939. The topological polar surface area (TPSA) is 58.0 Å². The third-order valence-corrected chi connectivity index (χ3v) is 3.74. The highest BCUT2D eigenvalue weighted by Gasteiger charge is 2.27. The predicted octanol–water partition coefficient (Wildman–Crippen LogP) is 2.32. The van der Waals surface area contributed by atoms with E-state index in [1.165, 1.54) is 0 Å². The summed E-state index contributed by atoms with van der Waals surface area (Å²) in [4.78, 5) is 8.66. The summed E-state index contributed by atoms with van der Waals surface area (Å²) >= 11 is 6.07. The minimum absolute atomic E-state index is 0.216. The van der Waals surface area contributed by atoms with Crippen LogP contribution in [0.1, 0.15) is 30.7 Å². The van der Waals surface area contributed by atoms with Crippen LogP contribution in [0.5, 0.6) is 0 Å². The van der Waals surface area contributed by atoms with Crippen molar-refractivity contribution in [3.63, 3.8) is 0 Å². The first-order chi connectivity index (χ1) is 8.11. The monoisotopic (exact) mass is 255 g/mol. The van der Waals surface area contributed by atoms with Crippen LogP contribution in [-0.2, 0) is 0 Å². The van der Waals surface area contributed by atoms with E-state index in [-0.39, 0.29) is 12.6 Å². The molecule has 2 unspecified atom stereocenters. The Morgan fingerprint density at radius 3 is 2.71 bits per heavy atom. The predicted molar refractivity (Wildman–Crippen MR) is 68.4 cm³/mol. The smallest absolute Gasteiger partial charge is 0.171 e. The van der Waals surface area contributed by atoms with Crippen LogP contribution in [0, 0.1) is 19.8 Å². The van der Waals surface area contributed by atoms with E-state index < -0.39 is 0 Å². The molecule has 17 heavy (non-hydrogen) atoms. The van der Waals surface area contributed by atoms with Crippen LogP contribution < -0.4 is 5.32 Å². The number of nitrogens with one attached hydrogen (secondary N) is 1. The van der Waals surface area contributed by atoms with Gasteiger partial charge in [0.1, 0.15) is 0 Å². The van der Waals surface area contributed by atoms with Gasteiger partial charge in [0, 0.05) is 18.6 Å². The average molecular weight is 256 g/mol. The van der Waals surface area contributed by atoms with Crippen molar-refractivity contribution in [2.75, 3.05) is 11.9 Å². The van der Waals surface area contributed by atoms with Crippen molar-refractivity contribution >= 4 is 17.4 Å². The molecule has 2 N–H and O–H groups in total. The molecule has 1 heterocycles.